The van der Waals surface area contributed by atoms with E-state index in [9.17, 15) is 5.11 Å². The fourth-order valence-electron chi connectivity index (χ4n) is 1.96. The lowest BCUT2D eigenvalue weighted by atomic mass is 9.84. The molecule has 0 fully saturated rings. The molecule has 2 rings (SSSR count). The van der Waals surface area contributed by atoms with Gasteiger partial charge in [0.2, 0.25) is 0 Å². The standard InChI is InChI=1S/C14H17NO/c1-14(2,3)11-8-12(15)9-6-4-5-7-10(9)13(11)16/h4-8,16H,15H2,1-3H3. The zero-order chi connectivity index (χ0) is 11.9. The van der Waals surface area contributed by atoms with Crippen LogP contribution in [0.1, 0.15) is 26.3 Å². The number of phenolic OH excluding ortho intramolecular Hbond substituents is 1. The quantitative estimate of drug-likeness (QED) is 0.522. The third-order valence-electron chi connectivity index (χ3n) is 2.86. The number of rotatable bonds is 0. The summed E-state index contributed by atoms with van der Waals surface area (Å²) >= 11 is 0. The van der Waals surface area contributed by atoms with Crippen LogP contribution in [0.5, 0.6) is 5.75 Å². The Labute approximate surface area is 95.7 Å². The molecule has 16 heavy (non-hydrogen) atoms. The molecule has 0 aliphatic rings. The molecule has 0 bridgehead atoms. The van der Waals surface area contributed by atoms with Gasteiger partial charge < -0.3 is 10.8 Å². The average molecular weight is 215 g/mol. The average Bonchev–Trinajstić information content (AvgIpc) is 2.22. The molecule has 0 heterocycles. The van der Waals surface area contributed by atoms with Crippen LogP contribution in [0.3, 0.4) is 0 Å². The van der Waals surface area contributed by atoms with Gasteiger partial charge in [-0.1, -0.05) is 45.0 Å². The maximum atomic E-state index is 10.3. The smallest absolute Gasteiger partial charge is 0.127 e. The van der Waals surface area contributed by atoms with E-state index in [1.54, 1.807) is 0 Å². The van der Waals surface area contributed by atoms with E-state index in [4.69, 9.17) is 5.73 Å². The molecule has 2 nitrogen and oxygen atoms in total. The first-order chi connectivity index (χ1) is 7.41. The molecule has 0 saturated carbocycles. The molecule has 0 aliphatic carbocycles. The van der Waals surface area contributed by atoms with E-state index in [2.05, 4.69) is 20.8 Å². The lowest BCUT2D eigenvalue weighted by Gasteiger charge is -2.22. The number of hydrogen-bond donors (Lipinski definition) is 2. The first kappa shape index (κ1) is 10.8. The summed E-state index contributed by atoms with van der Waals surface area (Å²) in [5.41, 5.74) is 7.52. The van der Waals surface area contributed by atoms with Crippen LogP contribution >= 0.6 is 0 Å². The fraction of sp³-hybridized carbons (Fsp3) is 0.286. The number of nitrogen functional groups attached to an aromatic ring is 1. The molecular weight excluding hydrogens is 198 g/mol. The summed E-state index contributed by atoms with van der Waals surface area (Å²) in [6.45, 7) is 6.20. The van der Waals surface area contributed by atoms with Crippen molar-refractivity contribution in [2.45, 2.75) is 26.2 Å². The highest BCUT2D eigenvalue weighted by atomic mass is 16.3. The van der Waals surface area contributed by atoms with Gasteiger partial charge in [0.1, 0.15) is 5.75 Å². The Morgan fingerprint density at radius 1 is 1.06 bits per heavy atom. The Kier molecular flexibility index (Phi) is 2.30. The van der Waals surface area contributed by atoms with E-state index in [1.165, 1.54) is 0 Å². The Hall–Kier alpha value is -1.70. The molecule has 0 radical (unpaired) electrons. The Morgan fingerprint density at radius 2 is 1.62 bits per heavy atom. The topological polar surface area (TPSA) is 46.2 Å². The fourth-order valence-corrected chi connectivity index (χ4v) is 1.96. The van der Waals surface area contributed by atoms with Crippen LogP contribution in [0.2, 0.25) is 0 Å². The van der Waals surface area contributed by atoms with Crippen molar-refractivity contribution in [3.05, 3.63) is 35.9 Å². The zero-order valence-corrected chi connectivity index (χ0v) is 9.91. The minimum Gasteiger partial charge on any atom is -0.507 e. The highest BCUT2D eigenvalue weighted by Gasteiger charge is 2.20. The van der Waals surface area contributed by atoms with Crippen molar-refractivity contribution in [3.8, 4) is 5.75 Å². The van der Waals surface area contributed by atoms with Gasteiger partial charge in [0.05, 0.1) is 0 Å². The number of fused-ring (bicyclic) bond motifs is 1. The molecular formula is C14H17NO. The second kappa shape index (κ2) is 3.41. The van der Waals surface area contributed by atoms with Gasteiger partial charge in [-0.15, -0.1) is 0 Å². The van der Waals surface area contributed by atoms with Crippen LogP contribution in [0.25, 0.3) is 10.8 Å². The van der Waals surface area contributed by atoms with E-state index in [0.717, 1.165) is 22.0 Å². The van der Waals surface area contributed by atoms with Crippen LogP contribution in [0.4, 0.5) is 5.69 Å². The second-order valence-electron chi connectivity index (χ2n) is 5.16. The van der Waals surface area contributed by atoms with Crippen molar-refractivity contribution in [2.24, 2.45) is 0 Å². The summed E-state index contributed by atoms with van der Waals surface area (Å²) in [6, 6.07) is 9.54. The second-order valence-corrected chi connectivity index (χ2v) is 5.16. The van der Waals surface area contributed by atoms with Crippen molar-refractivity contribution in [2.75, 3.05) is 5.73 Å². The van der Waals surface area contributed by atoms with E-state index in [0.29, 0.717) is 5.75 Å². The third-order valence-corrected chi connectivity index (χ3v) is 2.86. The highest BCUT2D eigenvalue weighted by Crippen LogP contribution is 2.39. The predicted molar refractivity (Wildman–Crippen MR) is 68.7 cm³/mol. The summed E-state index contributed by atoms with van der Waals surface area (Å²) in [6.07, 6.45) is 0. The number of nitrogens with two attached hydrogens (primary N) is 1. The first-order valence-electron chi connectivity index (χ1n) is 5.42. The van der Waals surface area contributed by atoms with Gasteiger partial charge in [-0.05, 0) is 11.5 Å². The van der Waals surface area contributed by atoms with E-state index in [-0.39, 0.29) is 5.41 Å². The minimum absolute atomic E-state index is 0.109. The SMILES string of the molecule is CC(C)(C)c1cc(N)c2ccccc2c1O. The Bertz CT molecular complexity index is 538. The number of anilines is 1. The van der Waals surface area contributed by atoms with Crippen molar-refractivity contribution in [1.29, 1.82) is 0 Å². The molecule has 0 atom stereocenters. The van der Waals surface area contributed by atoms with Crippen LogP contribution in [-0.4, -0.2) is 5.11 Å². The largest absolute Gasteiger partial charge is 0.507 e. The molecule has 0 amide bonds. The molecule has 0 spiro atoms. The molecule has 2 heteroatoms. The molecule has 3 N–H and O–H groups in total. The molecule has 0 unspecified atom stereocenters. The third kappa shape index (κ3) is 1.60. The number of hydrogen-bond acceptors (Lipinski definition) is 2. The van der Waals surface area contributed by atoms with Crippen molar-refractivity contribution in [3.63, 3.8) is 0 Å². The molecule has 0 aliphatic heterocycles. The zero-order valence-electron chi connectivity index (χ0n) is 9.91. The van der Waals surface area contributed by atoms with Crippen LogP contribution in [0.15, 0.2) is 30.3 Å². The number of aromatic hydroxyl groups is 1. The van der Waals surface area contributed by atoms with E-state index >= 15 is 0 Å². The highest BCUT2D eigenvalue weighted by molar-refractivity contribution is 5.98. The lowest BCUT2D eigenvalue weighted by molar-refractivity contribution is 0.453. The van der Waals surface area contributed by atoms with Gasteiger partial charge in [0.15, 0.2) is 0 Å². The Balaban J connectivity index is 2.86. The summed E-state index contributed by atoms with van der Waals surface area (Å²) in [5, 5.41) is 12.0. The van der Waals surface area contributed by atoms with Crippen LogP contribution in [-0.2, 0) is 5.41 Å². The summed E-state index contributed by atoms with van der Waals surface area (Å²) in [4.78, 5) is 0. The van der Waals surface area contributed by atoms with Gasteiger partial charge in [0.25, 0.3) is 0 Å². The number of phenols is 1. The maximum absolute atomic E-state index is 10.3. The van der Waals surface area contributed by atoms with Crippen molar-refractivity contribution < 1.29 is 5.11 Å². The summed E-state index contributed by atoms with van der Waals surface area (Å²) < 4.78 is 0. The number of benzene rings is 2. The Morgan fingerprint density at radius 3 is 2.19 bits per heavy atom. The van der Waals surface area contributed by atoms with Gasteiger partial charge in [-0.25, -0.2) is 0 Å². The van der Waals surface area contributed by atoms with Crippen molar-refractivity contribution >= 4 is 16.5 Å². The molecule has 2 aromatic rings. The van der Waals surface area contributed by atoms with Gasteiger partial charge >= 0.3 is 0 Å². The van der Waals surface area contributed by atoms with E-state index < -0.39 is 0 Å². The summed E-state index contributed by atoms with van der Waals surface area (Å²) in [5.74, 6) is 0.345. The maximum Gasteiger partial charge on any atom is 0.127 e. The lowest BCUT2D eigenvalue weighted by Crippen LogP contribution is -2.12. The molecule has 2 aromatic carbocycles. The molecule has 0 saturated heterocycles. The van der Waals surface area contributed by atoms with Gasteiger partial charge in [0, 0.05) is 22.0 Å². The molecule has 0 aromatic heterocycles. The summed E-state index contributed by atoms with van der Waals surface area (Å²) in [7, 11) is 0. The molecule has 84 valence electrons. The van der Waals surface area contributed by atoms with Crippen LogP contribution < -0.4 is 5.73 Å². The monoisotopic (exact) mass is 215 g/mol. The normalized spacial score (nSPS) is 11.9. The van der Waals surface area contributed by atoms with Crippen LogP contribution in [0, 0.1) is 0 Å². The first-order valence-corrected chi connectivity index (χ1v) is 5.42. The van der Waals surface area contributed by atoms with Crippen molar-refractivity contribution in [1.82, 2.24) is 0 Å². The van der Waals surface area contributed by atoms with Gasteiger partial charge in [-0.3, -0.25) is 0 Å². The van der Waals surface area contributed by atoms with Gasteiger partial charge in [-0.2, -0.15) is 0 Å². The minimum atomic E-state index is -0.109. The van der Waals surface area contributed by atoms with E-state index in [1.807, 2.05) is 30.3 Å². The predicted octanol–water partition coefficient (Wildman–Crippen LogP) is 3.43.